The molecule has 0 saturated carbocycles. The monoisotopic (exact) mass is 474 g/mol. The van der Waals surface area contributed by atoms with E-state index >= 15 is 0 Å². The lowest BCUT2D eigenvalue weighted by atomic mass is 9.98. The van der Waals surface area contributed by atoms with Crippen molar-refractivity contribution >= 4 is 29.9 Å². The number of likely N-dealkylation sites (tertiary alicyclic amines) is 2. The molecule has 2 aliphatic rings. The van der Waals surface area contributed by atoms with Crippen LogP contribution in [0, 0.1) is 0 Å². The van der Waals surface area contributed by atoms with Crippen molar-refractivity contribution in [3.63, 3.8) is 0 Å². The number of halogens is 1. The summed E-state index contributed by atoms with van der Waals surface area (Å²) in [6, 6.07) is 0. The van der Waals surface area contributed by atoms with Crippen LogP contribution in [0.25, 0.3) is 0 Å². The first-order chi connectivity index (χ1) is 12.0. The maximum Gasteiger partial charge on any atom is 0.193 e. The summed E-state index contributed by atoms with van der Waals surface area (Å²) < 4.78 is 1.90. The first-order valence-corrected chi connectivity index (χ1v) is 9.69. The predicted octanol–water partition coefficient (Wildman–Crippen LogP) is 2.67. The van der Waals surface area contributed by atoms with Crippen LogP contribution in [0.3, 0.4) is 0 Å². The van der Waals surface area contributed by atoms with E-state index in [0.717, 1.165) is 25.6 Å². The van der Waals surface area contributed by atoms with E-state index in [2.05, 4.69) is 45.3 Å². The number of rotatable bonds is 4. The fraction of sp³-hybridized carbons (Fsp3) is 0.789. The summed E-state index contributed by atoms with van der Waals surface area (Å²) in [5, 5.41) is 7.96. The molecule has 0 aliphatic carbocycles. The van der Waals surface area contributed by atoms with Gasteiger partial charge < -0.3 is 10.2 Å². The van der Waals surface area contributed by atoms with Crippen LogP contribution < -0.4 is 5.32 Å². The molecule has 2 saturated heterocycles. The van der Waals surface area contributed by atoms with E-state index in [4.69, 9.17) is 0 Å². The number of hydrogen-bond donors (Lipinski definition) is 1. The topological polar surface area (TPSA) is 48.7 Å². The van der Waals surface area contributed by atoms with Crippen LogP contribution in [0.4, 0.5) is 0 Å². The highest BCUT2D eigenvalue weighted by Crippen LogP contribution is 2.27. The van der Waals surface area contributed by atoms with E-state index in [1.807, 2.05) is 25.0 Å². The Bertz CT molecular complexity index is 591. The van der Waals surface area contributed by atoms with Crippen LogP contribution >= 0.6 is 24.0 Å². The molecule has 0 aromatic carbocycles. The lowest BCUT2D eigenvalue weighted by Crippen LogP contribution is -2.55. The van der Waals surface area contributed by atoms with Gasteiger partial charge in [0.2, 0.25) is 0 Å². The molecular weight excluding hydrogens is 439 g/mol. The highest BCUT2D eigenvalue weighted by atomic mass is 127. The highest BCUT2D eigenvalue weighted by molar-refractivity contribution is 14.0. The van der Waals surface area contributed by atoms with Crippen molar-refractivity contribution in [1.82, 2.24) is 24.9 Å². The second-order valence-corrected chi connectivity index (χ2v) is 8.14. The zero-order valence-electron chi connectivity index (χ0n) is 16.7. The third-order valence-electron chi connectivity index (χ3n) is 5.79. The number of nitrogens with zero attached hydrogens (tertiary/aromatic N) is 5. The second kappa shape index (κ2) is 9.39. The van der Waals surface area contributed by atoms with Crippen molar-refractivity contribution in [2.45, 2.75) is 51.0 Å². The van der Waals surface area contributed by atoms with Gasteiger partial charge in [-0.1, -0.05) is 6.42 Å². The molecule has 6 nitrogen and oxygen atoms in total. The molecule has 2 aliphatic heterocycles. The van der Waals surface area contributed by atoms with Crippen molar-refractivity contribution in [2.75, 3.05) is 39.8 Å². The van der Waals surface area contributed by atoms with Gasteiger partial charge in [-0.3, -0.25) is 14.6 Å². The summed E-state index contributed by atoms with van der Waals surface area (Å²) in [7, 11) is 3.88. The molecule has 26 heavy (non-hydrogen) atoms. The Kier molecular flexibility index (Phi) is 7.76. The molecule has 0 amide bonds. The minimum Gasteiger partial charge on any atom is -0.354 e. The highest BCUT2D eigenvalue weighted by Gasteiger charge is 2.30. The lowest BCUT2D eigenvalue weighted by molar-refractivity contribution is 0.0977. The predicted molar refractivity (Wildman–Crippen MR) is 118 cm³/mol. The Morgan fingerprint density at radius 2 is 2.00 bits per heavy atom. The fourth-order valence-electron chi connectivity index (χ4n) is 4.11. The molecule has 0 bridgehead atoms. The first-order valence-electron chi connectivity index (χ1n) is 9.69. The Balaban J connectivity index is 0.00000243. The van der Waals surface area contributed by atoms with Gasteiger partial charge in [0.25, 0.3) is 0 Å². The summed E-state index contributed by atoms with van der Waals surface area (Å²) in [6.45, 7) is 10.2. The van der Waals surface area contributed by atoms with Gasteiger partial charge in [0, 0.05) is 51.4 Å². The van der Waals surface area contributed by atoms with Crippen molar-refractivity contribution in [3.05, 3.63) is 18.0 Å². The fourth-order valence-corrected chi connectivity index (χ4v) is 4.11. The van der Waals surface area contributed by atoms with Gasteiger partial charge in [0.05, 0.1) is 6.20 Å². The summed E-state index contributed by atoms with van der Waals surface area (Å²) in [5.41, 5.74) is 1.51. The van der Waals surface area contributed by atoms with Gasteiger partial charge in [-0.15, -0.1) is 24.0 Å². The average molecular weight is 474 g/mol. The van der Waals surface area contributed by atoms with E-state index in [0.29, 0.717) is 5.92 Å². The molecule has 3 rings (SSSR count). The maximum absolute atomic E-state index is 4.54. The van der Waals surface area contributed by atoms with Crippen molar-refractivity contribution in [2.24, 2.45) is 12.0 Å². The van der Waals surface area contributed by atoms with Gasteiger partial charge >= 0.3 is 0 Å². The number of piperidine rings is 1. The third-order valence-corrected chi connectivity index (χ3v) is 5.79. The molecule has 148 valence electrons. The van der Waals surface area contributed by atoms with Crippen LogP contribution in [0.5, 0.6) is 0 Å². The molecule has 1 aromatic rings. The van der Waals surface area contributed by atoms with Gasteiger partial charge in [-0.05, 0) is 51.8 Å². The number of hydrogen-bond acceptors (Lipinski definition) is 3. The number of guanidine groups is 1. The summed E-state index contributed by atoms with van der Waals surface area (Å²) >= 11 is 0. The van der Waals surface area contributed by atoms with E-state index in [1.54, 1.807) is 0 Å². The smallest absolute Gasteiger partial charge is 0.193 e. The van der Waals surface area contributed by atoms with Crippen LogP contribution in [-0.2, 0) is 7.05 Å². The summed E-state index contributed by atoms with van der Waals surface area (Å²) in [6.07, 6.45) is 9.36. The molecule has 0 spiro atoms. The largest absolute Gasteiger partial charge is 0.354 e. The molecule has 1 aromatic heterocycles. The van der Waals surface area contributed by atoms with Crippen molar-refractivity contribution in [3.8, 4) is 0 Å². The Labute approximate surface area is 175 Å². The summed E-state index contributed by atoms with van der Waals surface area (Å²) in [5.74, 6) is 1.60. The van der Waals surface area contributed by atoms with Crippen molar-refractivity contribution in [1.29, 1.82) is 0 Å². The molecule has 1 atom stereocenters. The van der Waals surface area contributed by atoms with Crippen LogP contribution in [-0.4, -0.2) is 70.9 Å². The Morgan fingerprint density at radius 1 is 1.27 bits per heavy atom. The molecule has 1 N–H and O–H groups in total. The first kappa shape index (κ1) is 21.5. The van der Waals surface area contributed by atoms with E-state index in [-0.39, 0.29) is 29.5 Å². The molecule has 0 radical (unpaired) electrons. The number of aryl methyl sites for hydroxylation is 1. The number of aliphatic imine (C=N–C) groups is 1. The normalized spacial score (nSPS) is 22.4. The van der Waals surface area contributed by atoms with Crippen LogP contribution in [0.2, 0.25) is 0 Å². The summed E-state index contributed by atoms with van der Waals surface area (Å²) in [4.78, 5) is 9.56. The Morgan fingerprint density at radius 3 is 2.62 bits per heavy atom. The zero-order chi connectivity index (χ0) is 17.9. The van der Waals surface area contributed by atoms with E-state index in [1.165, 1.54) is 44.3 Å². The lowest BCUT2D eigenvalue weighted by Gasteiger charge is -2.41. The zero-order valence-corrected chi connectivity index (χ0v) is 19.1. The van der Waals surface area contributed by atoms with Crippen molar-refractivity contribution < 1.29 is 0 Å². The third kappa shape index (κ3) is 5.12. The molecular formula is C19H35IN6. The van der Waals surface area contributed by atoms with Crippen LogP contribution in [0.1, 0.15) is 51.0 Å². The average Bonchev–Trinajstić information content (AvgIpc) is 3.25. The minimum absolute atomic E-state index is 0. The minimum atomic E-state index is 0. The molecule has 7 heteroatoms. The van der Waals surface area contributed by atoms with Gasteiger partial charge in [0.15, 0.2) is 5.96 Å². The van der Waals surface area contributed by atoms with E-state index in [9.17, 15) is 0 Å². The van der Waals surface area contributed by atoms with Gasteiger partial charge in [-0.2, -0.15) is 5.10 Å². The van der Waals surface area contributed by atoms with Crippen LogP contribution in [0.15, 0.2) is 17.4 Å². The Hall–Kier alpha value is -0.830. The quantitative estimate of drug-likeness (QED) is 0.414. The van der Waals surface area contributed by atoms with Gasteiger partial charge in [-0.25, -0.2) is 0 Å². The SMILES string of the molecule is CN=C(NCC(C)(C)N1CCCCC1)N1CCC(c2cnn(C)c2)C1.I. The maximum atomic E-state index is 4.54. The van der Waals surface area contributed by atoms with E-state index < -0.39 is 0 Å². The molecule has 3 heterocycles. The number of nitrogens with one attached hydrogen (secondary N) is 1. The number of aromatic nitrogens is 2. The molecule has 1 unspecified atom stereocenters. The molecule has 2 fully saturated rings. The van der Waals surface area contributed by atoms with Gasteiger partial charge in [0.1, 0.15) is 0 Å². The standard InChI is InChI=1S/C19H34N6.HI/c1-19(2,25-9-6-5-7-10-25)15-21-18(20-3)24-11-8-16(14-24)17-12-22-23(4)13-17;/h12-13,16H,5-11,14-15H2,1-4H3,(H,20,21);1H. The second-order valence-electron chi connectivity index (χ2n) is 8.14.